The van der Waals surface area contributed by atoms with Crippen molar-refractivity contribution >= 4 is 0 Å². The Bertz CT molecular complexity index is 297. The topological polar surface area (TPSA) is 79.2 Å². The van der Waals surface area contributed by atoms with E-state index in [2.05, 4.69) is 6.58 Å². The van der Waals surface area contributed by atoms with Crippen molar-refractivity contribution in [2.45, 2.75) is 82.2 Å². The van der Waals surface area contributed by atoms with E-state index in [9.17, 15) is 10.2 Å². The van der Waals surface area contributed by atoms with Gasteiger partial charge in [0.15, 0.2) is 0 Å². The second-order valence-corrected chi connectivity index (χ2v) is 6.36. The van der Waals surface area contributed by atoms with Gasteiger partial charge in [-0.15, -0.1) is 6.58 Å². The van der Waals surface area contributed by atoms with Crippen molar-refractivity contribution in [1.29, 1.82) is 0 Å². The van der Waals surface area contributed by atoms with Gasteiger partial charge in [-0.05, 0) is 19.3 Å². The van der Waals surface area contributed by atoms with Crippen molar-refractivity contribution in [1.82, 2.24) is 0 Å². The number of hydrogen-bond acceptors (Lipinski definition) is 5. The third kappa shape index (κ3) is 8.27. The van der Waals surface area contributed by atoms with Gasteiger partial charge in [-0.2, -0.15) is 0 Å². The first kappa shape index (κ1) is 20.6. The number of unbranched alkanes of at least 4 members (excludes halogenated alkanes) is 8. The molecule has 0 bridgehead atoms. The highest BCUT2D eigenvalue weighted by atomic mass is 16.6. The summed E-state index contributed by atoms with van der Waals surface area (Å²) in [6.07, 6.45) is 9.87. The normalized spacial score (nSPS) is 25.6. The lowest BCUT2D eigenvalue weighted by molar-refractivity contribution is -0.0938. The molecule has 0 amide bonds. The fourth-order valence-electron chi connectivity index (χ4n) is 2.93. The molecular weight excluding hydrogens is 296 g/mol. The summed E-state index contributed by atoms with van der Waals surface area (Å²) in [5.41, 5.74) is 0. The lowest BCUT2D eigenvalue weighted by Crippen LogP contribution is -2.42. The summed E-state index contributed by atoms with van der Waals surface area (Å²) >= 11 is 0. The minimum absolute atomic E-state index is 0.151. The van der Waals surface area contributed by atoms with Gasteiger partial charge < -0.3 is 24.8 Å². The van der Waals surface area contributed by atoms with Gasteiger partial charge in [-0.1, -0.05) is 44.6 Å². The largest absolute Gasteiger partial charge is 0.394 e. The average Bonchev–Trinajstić information content (AvgIpc) is 2.93. The lowest BCUT2D eigenvalue weighted by Gasteiger charge is -2.23. The first-order valence-electron chi connectivity index (χ1n) is 9.01. The monoisotopic (exact) mass is 330 g/mol. The van der Waals surface area contributed by atoms with E-state index >= 15 is 0 Å². The van der Waals surface area contributed by atoms with Gasteiger partial charge in [0, 0.05) is 6.61 Å². The molecule has 23 heavy (non-hydrogen) atoms. The van der Waals surface area contributed by atoms with Gasteiger partial charge in [0.2, 0.25) is 0 Å². The quantitative estimate of drug-likeness (QED) is 0.336. The zero-order valence-corrected chi connectivity index (χ0v) is 14.2. The molecule has 3 N–H and O–H groups in total. The van der Waals surface area contributed by atoms with Crippen LogP contribution >= 0.6 is 0 Å². The van der Waals surface area contributed by atoms with Gasteiger partial charge >= 0.3 is 0 Å². The molecule has 0 aromatic rings. The molecule has 5 heteroatoms. The number of ether oxygens (including phenoxy) is 2. The van der Waals surface area contributed by atoms with Crippen molar-refractivity contribution in [2.75, 3.05) is 19.8 Å². The molecule has 0 aliphatic carbocycles. The van der Waals surface area contributed by atoms with Crippen LogP contribution < -0.4 is 0 Å². The Morgan fingerprint density at radius 1 is 1.09 bits per heavy atom. The zero-order chi connectivity index (χ0) is 16.9. The van der Waals surface area contributed by atoms with Crippen LogP contribution in [0.4, 0.5) is 0 Å². The predicted octanol–water partition coefficient (Wildman–Crippen LogP) is 2.18. The summed E-state index contributed by atoms with van der Waals surface area (Å²) in [7, 11) is 0. The van der Waals surface area contributed by atoms with Crippen LogP contribution in [0.25, 0.3) is 0 Å². The maximum atomic E-state index is 9.82. The molecule has 4 atom stereocenters. The van der Waals surface area contributed by atoms with Gasteiger partial charge in [0.05, 0.1) is 13.2 Å². The average molecular weight is 330 g/mol. The maximum absolute atomic E-state index is 9.82. The summed E-state index contributed by atoms with van der Waals surface area (Å²) in [6.45, 7) is 4.05. The minimum Gasteiger partial charge on any atom is -0.394 e. The number of rotatable bonds is 14. The van der Waals surface area contributed by atoms with Crippen LogP contribution in [0.15, 0.2) is 12.7 Å². The Morgan fingerprint density at radius 2 is 1.70 bits per heavy atom. The Labute approximate surface area is 140 Å². The third-order valence-electron chi connectivity index (χ3n) is 4.34. The summed E-state index contributed by atoms with van der Waals surface area (Å²) in [4.78, 5) is 0. The summed E-state index contributed by atoms with van der Waals surface area (Å²) in [5.74, 6) is 0. The van der Waals surface area contributed by atoms with Crippen LogP contribution in [0.1, 0.15) is 57.8 Å². The van der Waals surface area contributed by atoms with E-state index in [1.807, 2.05) is 6.08 Å². The summed E-state index contributed by atoms with van der Waals surface area (Å²) in [5, 5.41) is 28.5. The molecule has 0 aromatic heterocycles. The van der Waals surface area contributed by atoms with E-state index in [-0.39, 0.29) is 13.2 Å². The standard InChI is InChI=1S/C18H34O5/c1-2-3-4-5-6-7-8-9-10-11-12-22-18-16(21)14-23-17(18)15(20)13-19/h2,15-21H,1,3-14H2/t15-,16+,17-,18-/m0/s1. The summed E-state index contributed by atoms with van der Waals surface area (Å²) < 4.78 is 11.0. The van der Waals surface area contributed by atoms with E-state index in [1.165, 1.54) is 38.5 Å². The first-order chi connectivity index (χ1) is 11.2. The molecule has 0 radical (unpaired) electrons. The molecular formula is C18H34O5. The third-order valence-corrected chi connectivity index (χ3v) is 4.34. The SMILES string of the molecule is C=CCCCCCCCCCCO[C@@H]1[C@H]([C@@H](O)CO)OC[C@H]1O. The van der Waals surface area contributed by atoms with Crippen LogP contribution in [0.2, 0.25) is 0 Å². The lowest BCUT2D eigenvalue weighted by atomic mass is 10.1. The molecule has 0 aromatic carbocycles. The number of aliphatic hydroxyl groups is 3. The molecule has 1 heterocycles. The van der Waals surface area contributed by atoms with Crippen molar-refractivity contribution in [3.05, 3.63) is 12.7 Å². The van der Waals surface area contributed by atoms with Crippen molar-refractivity contribution < 1.29 is 24.8 Å². The van der Waals surface area contributed by atoms with E-state index in [0.29, 0.717) is 6.61 Å². The van der Waals surface area contributed by atoms with E-state index in [4.69, 9.17) is 14.6 Å². The van der Waals surface area contributed by atoms with E-state index < -0.39 is 24.4 Å². The highest BCUT2D eigenvalue weighted by Crippen LogP contribution is 2.21. The second kappa shape index (κ2) is 12.9. The van der Waals surface area contributed by atoms with Crippen LogP contribution in [0, 0.1) is 0 Å². The fourth-order valence-corrected chi connectivity index (χ4v) is 2.93. The van der Waals surface area contributed by atoms with Crippen molar-refractivity contribution in [3.8, 4) is 0 Å². The van der Waals surface area contributed by atoms with E-state index in [0.717, 1.165) is 19.3 Å². The second-order valence-electron chi connectivity index (χ2n) is 6.36. The predicted molar refractivity (Wildman–Crippen MR) is 90.3 cm³/mol. The molecule has 1 saturated heterocycles. The molecule has 0 spiro atoms. The zero-order valence-electron chi connectivity index (χ0n) is 14.2. The Morgan fingerprint density at radius 3 is 2.30 bits per heavy atom. The van der Waals surface area contributed by atoms with Crippen molar-refractivity contribution in [2.24, 2.45) is 0 Å². The highest BCUT2D eigenvalue weighted by Gasteiger charge is 2.40. The number of allylic oxidation sites excluding steroid dienone is 1. The molecule has 5 nitrogen and oxygen atoms in total. The molecule has 1 aliphatic heterocycles. The fraction of sp³-hybridized carbons (Fsp3) is 0.889. The summed E-state index contributed by atoms with van der Waals surface area (Å²) in [6, 6.07) is 0. The van der Waals surface area contributed by atoms with Gasteiger partial charge in [-0.25, -0.2) is 0 Å². The van der Waals surface area contributed by atoms with Gasteiger partial charge in [0.25, 0.3) is 0 Å². The van der Waals surface area contributed by atoms with Gasteiger partial charge in [-0.3, -0.25) is 0 Å². The Kier molecular flexibility index (Phi) is 11.5. The highest BCUT2D eigenvalue weighted by molar-refractivity contribution is 4.89. The number of hydrogen-bond donors (Lipinski definition) is 3. The van der Waals surface area contributed by atoms with Gasteiger partial charge in [0.1, 0.15) is 24.4 Å². The number of aliphatic hydroxyl groups excluding tert-OH is 3. The minimum atomic E-state index is -1.00. The molecule has 0 unspecified atom stereocenters. The first-order valence-corrected chi connectivity index (χ1v) is 9.01. The van der Waals surface area contributed by atoms with Crippen molar-refractivity contribution in [3.63, 3.8) is 0 Å². The van der Waals surface area contributed by atoms with Crippen LogP contribution in [0.5, 0.6) is 0 Å². The van der Waals surface area contributed by atoms with E-state index in [1.54, 1.807) is 0 Å². The molecule has 1 aliphatic rings. The maximum Gasteiger partial charge on any atom is 0.114 e. The molecule has 0 saturated carbocycles. The van der Waals surface area contributed by atoms with Crippen LogP contribution in [0.3, 0.4) is 0 Å². The molecule has 136 valence electrons. The Hall–Kier alpha value is -0.460. The van der Waals surface area contributed by atoms with Crippen LogP contribution in [-0.4, -0.2) is 59.6 Å². The smallest absolute Gasteiger partial charge is 0.114 e. The molecule has 1 rings (SSSR count). The molecule has 1 fully saturated rings. The van der Waals surface area contributed by atoms with Crippen LogP contribution in [-0.2, 0) is 9.47 Å². The Balaban J connectivity index is 1.98.